The van der Waals surface area contributed by atoms with E-state index in [1.165, 1.54) is 0 Å². The molecule has 0 aliphatic heterocycles. The highest BCUT2D eigenvalue weighted by molar-refractivity contribution is 7.08. The number of hydrogen-bond acceptors (Lipinski definition) is 6. The third-order valence-corrected chi connectivity index (χ3v) is 5.39. The van der Waals surface area contributed by atoms with Crippen LogP contribution in [-0.4, -0.2) is 24.5 Å². The molecule has 1 N–H and O–H groups in total. The second-order valence-electron chi connectivity index (χ2n) is 5.63. The molecule has 5 rings (SSSR count). The molecule has 0 aliphatic carbocycles. The van der Waals surface area contributed by atoms with Gasteiger partial charge in [0.25, 0.3) is 0 Å². The number of hydrogen-bond donors (Lipinski definition) is 1. The fourth-order valence-electron chi connectivity index (χ4n) is 2.86. The predicted molar refractivity (Wildman–Crippen MR) is 100 cm³/mol. The second kappa shape index (κ2) is 5.58. The first-order valence-electron chi connectivity index (χ1n) is 7.56. The summed E-state index contributed by atoms with van der Waals surface area (Å²) in [5, 5.41) is 4.92. The summed E-state index contributed by atoms with van der Waals surface area (Å²) in [5.41, 5.74) is 5.58. The Kier molecular flexibility index (Phi) is 3.22. The lowest BCUT2D eigenvalue weighted by Crippen LogP contribution is -2.00. The summed E-state index contributed by atoms with van der Waals surface area (Å²) >= 11 is 2.78. The van der Waals surface area contributed by atoms with Crippen LogP contribution in [0.1, 0.15) is 15.9 Å². The van der Waals surface area contributed by atoms with Gasteiger partial charge >= 0.3 is 0 Å². The first-order valence-corrected chi connectivity index (χ1v) is 9.23. The molecule has 0 saturated carbocycles. The summed E-state index contributed by atoms with van der Waals surface area (Å²) < 4.78 is 8.39. The highest BCUT2D eigenvalue weighted by Gasteiger charge is 2.16. The van der Waals surface area contributed by atoms with E-state index in [1.807, 2.05) is 29.8 Å². The van der Waals surface area contributed by atoms with E-state index in [-0.39, 0.29) is 5.78 Å². The molecule has 0 bridgehead atoms. The van der Waals surface area contributed by atoms with Gasteiger partial charge in [-0.05, 0) is 46.7 Å². The minimum Gasteiger partial charge on any atom is -0.345 e. The van der Waals surface area contributed by atoms with Gasteiger partial charge in [0, 0.05) is 34.5 Å². The Balaban J connectivity index is 1.63. The van der Waals surface area contributed by atoms with Gasteiger partial charge in [-0.1, -0.05) is 0 Å². The Morgan fingerprint density at radius 2 is 1.96 bits per heavy atom. The van der Waals surface area contributed by atoms with Gasteiger partial charge < -0.3 is 4.98 Å². The van der Waals surface area contributed by atoms with E-state index in [4.69, 9.17) is 0 Å². The summed E-state index contributed by atoms with van der Waals surface area (Å²) in [4.78, 5) is 20.5. The van der Waals surface area contributed by atoms with E-state index in [9.17, 15) is 4.79 Å². The third kappa shape index (κ3) is 2.36. The normalized spacial score (nSPS) is 11.4. The molecule has 120 valence electrons. The van der Waals surface area contributed by atoms with Crippen LogP contribution in [0.25, 0.3) is 33.2 Å². The zero-order valence-electron chi connectivity index (χ0n) is 12.8. The van der Waals surface area contributed by atoms with Crippen molar-refractivity contribution in [2.24, 2.45) is 0 Å². The summed E-state index contributed by atoms with van der Waals surface area (Å²) in [6.45, 7) is 0. The highest BCUT2D eigenvalue weighted by Crippen LogP contribution is 2.27. The van der Waals surface area contributed by atoms with Crippen LogP contribution < -0.4 is 0 Å². The fraction of sp³-hybridized carbons (Fsp3) is 0. The number of fused-ring (bicyclic) bond motifs is 2. The van der Waals surface area contributed by atoms with Crippen molar-refractivity contribution < 1.29 is 4.79 Å². The van der Waals surface area contributed by atoms with Gasteiger partial charge in [-0.15, -0.1) is 0 Å². The Labute approximate surface area is 150 Å². The molecular weight excluding hydrogens is 352 g/mol. The minimum absolute atomic E-state index is 0.0505. The average Bonchev–Trinajstić information content (AvgIpc) is 3.39. The van der Waals surface area contributed by atoms with E-state index in [0.29, 0.717) is 16.8 Å². The summed E-state index contributed by atoms with van der Waals surface area (Å²) in [7, 11) is 0. The van der Waals surface area contributed by atoms with E-state index in [1.54, 1.807) is 29.7 Å². The molecular formula is C18H10N4OS2. The van der Waals surface area contributed by atoms with Gasteiger partial charge in [0.05, 0.1) is 11.7 Å². The third-order valence-electron chi connectivity index (χ3n) is 4.15. The van der Waals surface area contributed by atoms with Crippen molar-refractivity contribution >= 4 is 50.9 Å². The van der Waals surface area contributed by atoms with Gasteiger partial charge in [0.15, 0.2) is 5.78 Å². The maximum atomic E-state index is 13.0. The molecule has 0 amide bonds. The van der Waals surface area contributed by atoms with Crippen LogP contribution >= 0.6 is 23.1 Å². The SMILES string of the molecule is O=C(c1ccc2nsnc2c1)c1c[nH]c2ncc(-c3ccsc3)cc12. The highest BCUT2D eigenvalue weighted by atomic mass is 32.1. The Morgan fingerprint density at radius 3 is 2.84 bits per heavy atom. The van der Waals surface area contributed by atoms with Crippen LogP contribution in [0.4, 0.5) is 0 Å². The molecule has 0 radical (unpaired) electrons. The number of carbonyl (C=O) groups excluding carboxylic acids is 1. The molecule has 7 heteroatoms. The van der Waals surface area contributed by atoms with Crippen molar-refractivity contribution in [3.05, 3.63) is 64.6 Å². The number of benzene rings is 1. The fourth-order valence-corrected chi connectivity index (χ4v) is 4.04. The molecule has 1 aromatic carbocycles. The zero-order chi connectivity index (χ0) is 16.8. The van der Waals surface area contributed by atoms with Crippen LogP contribution in [0, 0.1) is 0 Å². The predicted octanol–water partition coefficient (Wildman–Crippen LogP) is 4.53. The van der Waals surface area contributed by atoms with Crippen molar-refractivity contribution in [3.63, 3.8) is 0 Å². The molecule has 0 saturated heterocycles. The molecule has 4 aromatic heterocycles. The first-order chi connectivity index (χ1) is 12.3. The monoisotopic (exact) mass is 362 g/mol. The quantitative estimate of drug-likeness (QED) is 0.479. The van der Waals surface area contributed by atoms with Gasteiger partial charge in [-0.2, -0.15) is 20.1 Å². The van der Waals surface area contributed by atoms with E-state index in [2.05, 4.69) is 24.1 Å². The molecule has 0 atom stereocenters. The van der Waals surface area contributed by atoms with Crippen molar-refractivity contribution in [1.29, 1.82) is 0 Å². The van der Waals surface area contributed by atoms with Gasteiger partial charge in [0.1, 0.15) is 16.7 Å². The van der Waals surface area contributed by atoms with Crippen molar-refractivity contribution in [1.82, 2.24) is 18.7 Å². The molecule has 5 aromatic rings. The van der Waals surface area contributed by atoms with Crippen LogP contribution in [0.5, 0.6) is 0 Å². The van der Waals surface area contributed by atoms with Crippen molar-refractivity contribution in [3.8, 4) is 11.1 Å². The number of pyridine rings is 1. The van der Waals surface area contributed by atoms with E-state index in [0.717, 1.165) is 39.3 Å². The molecule has 5 nitrogen and oxygen atoms in total. The number of nitrogens with one attached hydrogen (secondary N) is 1. The molecule has 25 heavy (non-hydrogen) atoms. The van der Waals surface area contributed by atoms with E-state index >= 15 is 0 Å². The van der Waals surface area contributed by atoms with Crippen molar-refractivity contribution in [2.45, 2.75) is 0 Å². The topological polar surface area (TPSA) is 71.5 Å². The Morgan fingerprint density at radius 1 is 1.04 bits per heavy atom. The number of carbonyl (C=O) groups is 1. The minimum atomic E-state index is -0.0505. The Bertz CT molecular complexity index is 1220. The maximum absolute atomic E-state index is 13.0. The Hall–Kier alpha value is -2.90. The first kappa shape index (κ1) is 14.4. The molecule has 0 aliphatic rings. The van der Waals surface area contributed by atoms with Gasteiger partial charge in [0.2, 0.25) is 0 Å². The molecule has 4 heterocycles. The van der Waals surface area contributed by atoms with Crippen LogP contribution in [-0.2, 0) is 0 Å². The zero-order valence-corrected chi connectivity index (χ0v) is 14.4. The van der Waals surface area contributed by atoms with Crippen molar-refractivity contribution in [2.75, 3.05) is 0 Å². The summed E-state index contributed by atoms with van der Waals surface area (Å²) in [6.07, 6.45) is 3.54. The number of nitrogens with zero attached hydrogens (tertiary/aromatic N) is 3. The van der Waals surface area contributed by atoms with Crippen LogP contribution in [0.2, 0.25) is 0 Å². The molecule has 0 unspecified atom stereocenters. The smallest absolute Gasteiger partial charge is 0.195 e. The number of aromatic nitrogens is 4. The lowest BCUT2D eigenvalue weighted by molar-refractivity contribution is 0.104. The molecule has 0 fully saturated rings. The second-order valence-corrected chi connectivity index (χ2v) is 6.94. The largest absolute Gasteiger partial charge is 0.345 e. The maximum Gasteiger partial charge on any atom is 0.195 e. The molecule has 0 spiro atoms. The average molecular weight is 362 g/mol. The lowest BCUT2D eigenvalue weighted by Gasteiger charge is -2.02. The number of H-pyrrole nitrogens is 1. The standard InChI is InChI=1S/C18H10N4OS2/c23-17(10-1-2-15-16(6-10)22-25-21-15)14-8-20-18-13(14)5-12(7-19-18)11-3-4-24-9-11/h1-9H,(H,19,20). The summed E-state index contributed by atoms with van der Waals surface area (Å²) in [6, 6.07) is 9.47. The van der Waals surface area contributed by atoms with E-state index < -0.39 is 0 Å². The number of ketones is 1. The van der Waals surface area contributed by atoms with Gasteiger partial charge in [-0.25, -0.2) is 4.98 Å². The number of rotatable bonds is 3. The number of thiophene rings is 1. The van der Waals surface area contributed by atoms with Crippen LogP contribution in [0.3, 0.4) is 0 Å². The van der Waals surface area contributed by atoms with Crippen LogP contribution in [0.15, 0.2) is 53.5 Å². The van der Waals surface area contributed by atoms with Gasteiger partial charge in [-0.3, -0.25) is 4.79 Å². The summed E-state index contributed by atoms with van der Waals surface area (Å²) in [5.74, 6) is -0.0505. The lowest BCUT2D eigenvalue weighted by atomic mass is 10.0. The number of aromatic amines is 1.